The van der Waals surface area contributed by atoms with Gasteiger partial charge in [-0.2, -0.15) is 0 Å². The van der Waals surface area contributed by atoms with E-state index >= 15 is 0 Å². The molecule has 6 rings (SSSR count). The van der Waals surface area contributed by atoms with Gasteiger partial charge in [0, 0.05) is 35.4 Å². The molecule has 314 valence electrons. The zero-order chi connectivity index (χ0) is 42.2. The van der Waals surface area contributed by atoms with E-state index < -0.39 is 72.6 Å². The lowest BCUT2D eigenvalue weighted by Crippen LogP contribution is -2.77. The van der Waals surface area contributed by atoms with Crippen molar-refractivity contribution in [2.75, 3.05) is 27.4 Å². The van der Waals surface area contributed by atoms with Gasteiger partial charge in [-0.25, -0.2) is 0 Å². The van der Waals surface area contributed by atoms with E-state index in [0.717, 1.165) is 23.8 Å². The molecule has 4 aromatic rings. The summed E-state index contributed by atoms with van der Waals surface area (Å²) in [5.41, 5.74) is 1.50. The van der Waals surface area contributed by atoms with Crippen LogP contribution in [-0.4, -0.2) is 123 Å². The highest BCUT2D eigenvalue weighted by atomic mass is 35.5. The molecular weight excluding hydrogens is 795 g/mol. The van der Waals surface area contributed by atoms with E-state index in [-0.39, 0.29) is 11.1 Å². The molecule has 58 heavy (non-hydrogen) atoms. The normalized spacial score (nSPS) is 31.9. The van der Waals surface area contributed by atoms with E-state index in [0.29, 0.717) is 46.4 Å². The second-order valence-electron chi connectivity index (χ2n) is 14.8. The van der Waals surface area contributed by atoms with Gasteiger partial charge in [0.15, 0.2) is 5.60 Å². The molecule has 0 amide bonds. The summed E-state index contributed by atoms with van der Waals surface area (Å²) in [7, 11) is 2.33. The average Bonchev–Trinajstić information content (AvgIpc) is 3.23. The van der Waals surface area contributed by atoms with Crippen LogP contribution >= 0.6 is 23.2 Å². The van der Waals surface area contributed by atoms with Gasteiger partial charge in [-0.3, -0.25) is 0 Å². The Bertz CT molecular complexity index is 2020. The number of methoxy groups -OCH3 is 2. The van der Waals surface area contributed by atoms with Crippen molar-refractivity contribution in [2.24, 2.45) is 0 Å². The predicted octanol–water partition coefficient (Wildman–Crippen LogP) is 2.87. The zero-order valence-corrected chi connectivity index (χ0v) is 33.9. The predicted molar refractivity (Wildman–Crippen MR) is 213 cm³/mol. The molecule has 2 aliphatic heterocycles. The fourth-order valence-electron chi connectivity index (χ4n) is 7.93. The van der Waals surface area contributed by atoms with Crippen LogP contribution < -0.4 is 4.74 Å². The van der Waals surface area contributed by atoms with Crippen LogP contribution in [0.15, 0.2) is 84.9 Å². The summed E-state index contributed by atoms with van der Waals surface area (Å²) in [6, 6.07) is 24.2. The maximum Gasteiger partial charge on any atom is 0.225 e. The summed E-state index contributed by atoms with van der Waals surface area (Å²) in [4.78, 5) is 0. The van der Waals surface area contributed by atoms with E-state index in [9.17, 15) is 40.9 Å². The number of hydrogen-bond acceptors (Lipinski definition) is 13. The van der Waals surface area contributed by atoms with Gasteiger partial charge in [0.1, 0.15) is 54.6 Å². The molecule has 0 aromatic heterocycles. The molecular formula is C43H50Cl2O13. The van der Waals surface area contributed by atoms with Crippen LogP contribution in [0.1, 0.15) is 45.9 Å². The van der Waals surface area contributed by atoms with Crippen molar-refractivity contribution in [2.45, 2.75) is 92.7 Å². The SMILES string of the molecule is CCOc1ccc(Cc2cc([C@]3(OC)O[C@@](CO)(C(O)C4O[C@](OC)(c5ccc(Cl)c(Cc6ccc(C)cc6)c5)[C@@H](O)[C@H](O)[C@H]4O)[C@@H](O)[C@H](O)[C@H]3O)ccc2Cl)cc1. The van der Waals surface area contributed by atoms with E-state index in [1.165, 1.54) is 25.3 Å². The summed E-state index contributed by atoms with van der Waals surface area (Å²) in [5.74, 6) is -3.99. The molecule has 2 heterocycles. The summed E-state index contributed by atoms with van der Waals surface area (Å²) in [6.45, 7) is 3.09. The monoisotopic (exact) mass is 844 g/mol. The van der Waals surface area contributed by atoms with Crippen molar-refractivity contribution in [1.29, 1.82) is 0 Å². The van der Waals surface area contributed by atoms with E-state index in [1.54, 1.807) is 18.2 Å². The Morgan fingerprint density at radius 2 is 1.17 bits per heavy atom. The molecule has 2 fully saturated rings. The Balaban J connectivity index is 1.38. The lowest BCUT2D eigenvalue weighted by molar-refractivity contribution is -0.431. The van der Waals surface area contributed by atoms with Crippen molar-refractivity contribution in [3.05, 3.63) is 134 Å². The fraction of sp³-hybridized carbons (Fsp3) is 0.442. The largest absolute Gasteiger partial charge is 0.494 e. The van der Waals surface area contributed by atoms with Gasteiger partial charge in [0.25, 0.3) is 0 Å². The second-order valence-corrected chi connectivity index (χ2v) is 15.6. The van der Waals surface area contributed by atoms with Gasteiger partial charge >= 0.3 is 0 Å². The van der Waals surface area contributed by atoms with E-state index in [2.05, 4.69) is 0 Å². The maximum absolute atomic E-state index is 12.2. The first kappa shape index (κ1) is 44.3. The summed E-state index contributed by atoms with van der Waals surface area (Å²) >= 11 is 13.2. The van der Waals surface area contributed by atoms with Crippen LogP contribution in [0.3, 0.4) is 0 Å². The Morgan fingerprint density at radius 3 is 1.67 bits per heavy atom. The minimum atomic E-state index is -2.70. The van der Waals surface area contributed by atoms with E-state index in [1.807, 2.05) is 62.4 Å². The highest BCUT2D eigenvalue weighted by molar-refractivity contribution is 6.31. The molecule has 0 radical (unpaired) electrons. The number of halogens is 2. The van der Waals surface area contributed by atoms with Crippen molar-refractivity contribution < 1.29 is 64.5 Å². The number of rotatable bonds is 13. The third-order valence-corrected chi connectivity index (χ3v) is 12.0. The molecule has 0 bridgehead atoms. The molecule has 15 heteroatoms. The molecule has 8 N–H and O–H groups in total. The van der Waals surface area contributed by atoms with Gasteiger partial charge in [0.2, 0.25) is 11.6 Å². The molecule has 2 aliphatic rings. The lowest BCUT2D eigenvalue weighted by atomic mass is 9.74. The molecule has 13 nitrogen and oxygen atoms in total. The van der Waals surface area contributed by atoms with Crippen LogP contribution in [0.25, 0.3) is 0 Å². The number of aliphatic hydroxyl groups is 8. The van der Waals surface area contributed by atoms with Gasteiger partial charge in [-0.05, 0) is 85.3 Å². The molecule has 0 spiro atoms. The minimum absolute atomic E-state index is 0.0814. The smallest absolute Gasteiger partial charge is 0.225 e. The number of benzene rings is 4. The molecule has 11 atom stereocenters. The van der Waals surface area contributed by atoms with Crippen molar-refractivity contribution in [3.8, 4) is 5.75 Å². The third kappa shape index (κ3) is 7.91. The van der Waals surface area contributed by atoms with Crippen LogP contribution in [0, 0.1) is 6.92 Å². The standard InChI is InChI=1S/C43H50Cl2O13/c1-5-56-30-14-10-25(11-15-30)19-27-21-29(13-17-32(27)45)43(55-4)39(52)35(49)37(50)41(22-46,58-43)40(53)36-33(47)34(48)38(51)42(54-3,57-36)28-12-16-31(44)26(20-28)18-24-8-6-23(2)7-9-24/h6-17,20-21,33-40,46-53H,5,18-19,22H2,1-4H3/t33-,34-,35+,36?,37+,38+,39-,40?,41-,42-,43+/m1/s1. The summed E-state index contributed by atoms with van der Waals surface area (Å²) in [5, 5.41) is 92.9. The molecule has 0 aliphatic carbocycles. The van der Waals surface area contributed by atoms with Crippen molar-refractivity contribution in [1.82, 2.24) is 0 Å². The van der Waals surface area contributed by atoms with Crippen LogP contribution in [0.2, 0.25) is 10.0 Å². The van der Waals surface area contributed by atoms with Crippen molar-refractivity contribution >= 4 is 23.2 Å². The van der Waals surface area contributed by atoms with Crippen molar-refractivity contribution in [3.63, 3.8) is 0 Å². The molecule has 0 saturated carbocycles. The van der Waals surface area contributed by atoms with Crippen LogP contribution in [0.5, 0.6) is 5.75 Å². The Hall–Kier alpha value is -3.22. The fourth-order valence-corrected chi connectivity index (χ4v) is 8.30. The number of hydrogen-bond donors (Lipinski definition) is 8. The zero-order valence-electron chi connectivity index (χ0n) is 32.4. The van der Waals surface area contributed by atoms with Gasteiger partial charge < -0.3 is 64.5 Å². The minimum Gasteiger partial charge on any atom is -0.494 e. The van der Waals surface area contributed by atoms with Gasteiger partial charge in [-0.1, -0.05) is 77.3 Å². The molecule has 4 aromatic carbocycles. The Kier molecular flexibility index (Phi) is 13.6. The second kappa shape index (κ2) is 17.8. The highest BCUT2D eigenvalue weighted by Gasteiger charge is 2.68. The van der Waals surface area contributed by atoms with Crippen LogP contribution in [0.4, 0.5) is 0 Å². The number of ether oxygens (including phenoxy) is 5. The topological polar surface area (TPSA) is 208 Å². The lowest BCUT2D eigenvalue weighted by Gasteiger charge is -2.57. The van der Waals surface area contributed by atoms with Gasteiger partial charge in [0.05, 0.1) is 13.2 Å². The van der Waals surface area contributed by atoms with Crippen LogP contribution in [-0.2, 0) is 43.4 Å². The number of aliphatic hydroxyl groups excluding tert-OH is 8. The van der Waals surface area contributed by atoms with E-state index in [4.69, 9.17) is 46.9 Å². The molecule has 2 unspecified atom stereocenters. The van der Waals surface area contributed by atoms with Gasteiger partial charge in [-0.15, -0.1) is 0 Å². The summed E-state index contributed by atoms with van der Waals surface area (Å²) in [6.07, 6.45) is -16.2. The third-order valence-electron chi connectivity index (χ3n) is 11.3. The first-order chi connectivity index (χ1) is 27.6. The quantitative estimate of drug-likeness (QED) is 0.0976. The summed E-state index contributed by atoms with van der Waals surface area (Å²) < 4.78 is 29.7. The Labute approximate surface area is 346 Å². The first-order valence-corrected chi connectivity index (χ1v) is 19.6. The maximum atomic E-state index is 12.2. The average molecular weight is 846 g/mol. The first-order valence-electron chi connectivity index (χ1n) is 18.8. The number of aryl methyl sites for hydroxylation is 1. The molecule has 2 saturated heterocycles. The Morgan fingerprint density at radius 1 is 0.672 bits per heavy atom. The highest BCUT2D eigenvalue weighted by Crippen LogP contribution is 2.49.